The fraction of sp³-hybridized carbons (Fsp3) is 0.769. The van der Waals surface area contributed by atoms with Crippen LogP contribution < -0.4 is 10.5 Å². The molecule has 0 aliphatic heterocycles. The molecular weight excluding hydrogens is 454 g/mol. The molecule has 0 fully saturated rings. The highest BCUT2D eigenvalue weighted by atomic mass is 16.6. The Bertz CT molecular complexity index is 564. The van der Waals surface area contributed by atoms with Gasteiger partial charge in [0.15, 0.2) is 0 Å². The molecule has 2 N–H and O–H groups in total. The van der Waals surface area contributed by atoms with Crippen molar-refractivity contribution in [2.75, 3.05) is 105 Å². The van der Waals surface area contributed by atoms with Crippen molar-refractivity contribution < 1.29 is 37.9 Å². The van der Waals surface area contributed by atoms with E-state index in [1.807, 2.05) is 18.2 Å². The van der Waals surface area contributed by atoms with E-state index in [1.54, 1.807) is 6.07 Å². The van der Waals surface area contributed by atoms with Crippen LogP contribution in [0.1, 0.15) is 32.6 Å². The molecule has 0 atom stereocenters. The smallest absolute Gasteiger partial charge is 0.142 e. The molecular formula is C26H47NO8. The van der Waals surface area contributed by atoms with Crippen LogP contribution in [0.2, 0.25) is 0 Å². The van der Waals surface area contributed by atoms with E-state index in [2.05, 4.69) is 6.92 Å². The lowest BCUT2D eigenvalue weighted by molar-refractivity contribution is -0.0212. The Morgan fingerprint density at radius 1 is 0.486 bits per heavy atom. The molecule has 0 saturated carbocycles. The van der Waals surface area contributed by atoms with E-state index in [0.717, 1.165) is 13.0 Å². The van der Waals surface area contributed by atoms with E-state index in [4.69, 9.17) is 43.6 Å². The van der Waals surface area contributed by atoms with E-state index in [1.165, 1.54) is 19.3 Å². The van der Waals surface area contributed by atoms with Crippen LogP contribution in [0.5, 0.6) is 5.75 Å². The van der Waals surface area contributed by atoms with Gasteiger partial charge in [-0.1, -0.05) is 38.3 Å². The molecule has 9 heteroatoms. The molecule has 0 amide bonds. The number of ether oxygens (including phenoxy) is 8. The summed E-state index contributed by atoms with van der Waals surface area (Å²) in [4.78, 5) is 0. The van der Waals surface area contributed by atoms with Gasteiger partial charge in [-0.05, 0) is 18.6 Å². The van der Waals surface area contributed by atoms with Gasteiger partial charge in [-0.2, -0.15) is 0 Å². The van der Waals surface area contributed by atoms with E-state index < -0.39 is 0 Å². The van der Waals surface area contributed by atoms with Gasteiger partial charge >= 0.3 is 0 Å². The number of anilines is 1. The van der Waals surface area contributed by atoms with Crippen molar-refractivity contribution in [3.8, 4) is 5.75 Å². The van der Waals surface area contributed by atoms with Crippen LogP contribution in [0, 0.1) is 0 Å². The van der Waals surface area contributed by atoms with Gasteiger partial charge in [0, 0.05) is 6.61 Å². The summed E-state index contributed by atoms with van der Waals surface area (Å²) in [6.07, 6.45) is 4.91. The minimum atomic E-state index is 0.449. The Hall–Kier alpha value is -1.46. The second kappa shape index (κ2) is 25.6. The van der Waals surface area contributed by atoms with Crippen molar-refractivity contribution in [2.24, 2.45) is 0 Å². The SMILES string of the molecule is CCCCCCOCCOCCOCCOCCOCCOCCOCCOc1ccccc1N. The normalized spacial score (nSPS) is 11.2. The van der Waals surface area contributed by atoms with E-state index in [0.29, 0.717) is 104 Å². The van der Waals surface area contributed by atoms with Crippen molar-refractivity contribution in [1.29, 1.82) is 0 Å². The quantitative estimate of drug-likeness (QED) is 0.144. The summed E-state index contributed by atoms with van der Waals surface area (Å²) in [6.45, 7) is 10.6. The van der Waals surface area contributed by atoms with Crippen LogP contribution in [0.3, 0.4) is 0 Å². The second-order valence-electron chi connectivity index (χ2n) is 7.73. The Morgan fingerprint density at radius 2 is 0.886 bits per heavy atom. The predicted molar refractivity (Wildman–Crippen MR) is 136 cm³/mol. The van der Waals surface area contributed by atoms with E-state index in [-0.39, 0.29) is 0 Å². The number of nitrogen functional groups attached to an aromatic ring is 1. The van der Waals surface area contributed by atoms with E-state index >= 15 is 0 Å². The molecule has 0 radical (unpaired) electrons. The fourth-order valence-electron chi connectivity index (χ4n) is 2.87. The number of nitrogens with two attached hydrogens (primary N) is 1. The standard InChI is InChI=1S/C26H47NO8/c1-2-3-4-7-10-28-11-12-29-13-14-30-15-16-31-17-18-32-19-20-33-21-22-34-23-24-35-26-9-6-5-8-25(26)27/h5-6,8-9H,2-4,7,10-24,27H2,1H3. The van der Waals surface area contributed by atoms with Gasteiger partial charge in [0.25, 0.3) is 0 Å². The first kappa shape index (κ1) is 31.6. The molecule has 0 unspecified atom stereocenters. The Balaban J connectivity index is 1.66. The van der Waals surface area contributed by atoms with Gasteiger partial charge in [-0.3, -0.25) is 0 Å². The Labute approximate surface area is 211 Å². The Kier molecular flexibility index (Phi) is 23.1. The van der Waals surface area contributed by atoms with Gasteiger partial charge in [-0.15, -0.1) is 0 Å². The molecule has 0 bridgehead atoms. The van der Waals surface area contributed by atoms with Crippen LogP contribution >= 0.6 is 0 Å². The van der Waals surface area contributed by atoms with E-state index in [9.17, 15) is 0 Å². The molecule has 0 aliphatic rings. The predicted octanol–water partition coefficient (Wildman–Crippen LogP) is 3.34. The van der Waals surface area contributed by atoms with Crippen LogP contribution in [0.4, 0.5) is 5.69 Å². The average Bonchev–Trinajstić information content (AvgIpc) is 2.87. The number of hydrogen-bond acceptors (Lipinski definition) is 9. The van der Waals surface area contributed by atoms with Gasteiger partial charge in [0.2, 0.25) is 0 Å². The lowest BCUT2D eigenvalue weighted by Crippen LogP contribution is -2.15. The van der Waals surface area contributed by atoms with Crippen LogP contribution in [0.25, 0.3) is 0 Å². The molecule has 0 aliphatic carbocycles. The summed E-state index contributed by atoms with van der Waals surface area (Å²) in [7, 11) is 0. The van der Waals surface area contributed by atoms with Gasteiger partial charge in [0.1, 0.15) is 12.4 Å². The summed E-state index contributed by atoms with van der Waals surface area (Å²) in [5.74, 6) is 0.677. The van der Waals surface area contributed by atoms with Gasteiger partial charge in [0.05, 0.1) is 91.6 Å². The summed E-state index contributed by atoms with van der Waals surface area (Å²) in [5.41, 5.74) is 6.43. The molecule has 204 valence electrons. The number of rotatable bonds is 27. The topological polar surface area (TPSA) is 99.9 Å². The van der Waals surface area contributed by atoms with Crippen LogP contribution in [0.15, 0.2) is 24.3 Å². The maximum absolute atomic E-state index is 5.81. The lowest BCUT2D eigenvalue weighted by atomic mass is 10.2. The molecule has 0 aromatic heterocycles. The zero-order valence-corrected chi connectivity index (χ0v) is 21.6. The molecule has 1 aromatic carbocycles. The fourth-order valence-corrected chi connectivity index (χ4v) is 2.87. The zero-order chi connectivity index (χ0) is 25.1. The largest absolute Gasteiger partial charge is 0.489 e. The molecule has 0 spiro atoms. The number of hydrogen-bond donors (Lipinski definition) is 1. The molecule has 1 aromatic rings. The molecule has 1 rings (SSSR count). The number of unbranched alkanes of at least 4 members (excludes halogenated alkanes) is 3. The summed E-state index contributed by atoms with van der Waals surface area (Å²) in [5, 5.41) is 0. The average molecular weight is 502 g/mol. The monoisotopic (exact) mass is 501 g/mol. The highest BCUT2D eigenvalue weighted by Crippen LogP contribution is 2.19. The van der Waals surface area contributed by atoms with Crippen molar-refractivity contribution in [1.82, 2.24) is 0 Å². The lowest BCUT2D eigenvalue weighted by Gasteiger charge is -2.09. The van der Waals surface area contributed by atoms with Crippen molar-refractivity contribution in [3.63, 3.8) is 0 Å². The second-order valence-corrected chi connectivity index (χ2v) is 7.73. The third-order valence-electron chi connectivity index (χ3n) is 4.78. The third-order valence-corrected chi connectivity index (χ3v) is 4.78. The zero-order valence-electron chi connectivity index (χ0n) is 21.6. The van der Waals surface area contributed by atoms with Gasteiger partial charge < -0.3 is 43.6 Å². The molecule has 0 heterocycles. The minimum absolute atomic E-state index is 0.449. The van der Waals surface area contributed by atoms with Crippen molar-refractivity contribution in [2.45, 2.75) is 32.6 Å². The Morgan fingerprint density at radius 3 is 1.31 bits per heavy atom. The highest BCUT2D eigenvalue weighted by molar-refractivity contribution is 5.51. The maximum Gasteiger partial charge on any atom is 0.142 e. The first-order valence-corrected chi connectivity index (χ1v) is 12.9. The summed E-state index contributed by atoms with van der Waals surface area (Å²) >= 11 is 0. The highest BCUT2D eigenvalue weighted by Gasteiger charge is 1.98. The van der Waals surface area contributed by atoms with Crippen LogP contribution in [-0.4, -0.2) is 99.1 Å². The minimum Gasteiger partial charge on any atom is -0.489 e. The molecule has 35 heavy (non-hydrogen) atoms. The number of benzene rings is 1. The van der Waals surface area contributed by atoms with Crippen molar-refractivity contribution >= 4 is 5.69 Å². The van der Waals surface area contributed by atoms with Gasteiger partial charge in [-0.25, -0.2) is 0 Å². The maximum atomic E-state index is 5.81. The summed E-state index contributed by atoms with van der Waals surface area (Å²) < 4.78 is 43.8. The third kappa shape index (κ3) is 21.5. The summed E-state index contributed by atoms with van der Waals surface area (Å²) in [6, 6.07) is 7.40. The van der Waals surface area contributed by atoms with Crippen molar-refractivity contribution in [3.05, 3.63) is 24.3 Å². The first-order chi connectivity index (χ1) is 17.3. The number of para-hydroxylation sites is 2. The first-order valence-electron chi connectivity index (χ1n) is 12.9. The molecule has 0 saturated heterocycles. The molecule has 9 nitrogen and oxygen atoms in total. The van der Waals surface area contributed by atoms with Crippen LogP contribution in [-0.2, 0) is 33.2 Å².